The van der Waals surface area contributed by atoms with E-state index >= 15 is 0 Å². The highest BCUT2D eigenvalue weighted by atomic mass is 15.5. The molecule has 6 aromatic carbocycles. The summed E-state index contributed by atoms with van der Waals surface area (Å²) in [5.41, 5.74) is 7.65. The molecule has 0 radical (unpaired) electrons. The van der Waals surface area contributed by atoms with Gasteiger partial charge in [-0.3, -0.25) is 0 Å². The number of aromatic nitrogens is 6. The Bertz CT molecular complexity index is 2040. The second-order valence-electron chi connectivity index (χ2n) is 9.80. The van der Waals surface area contributed by atoms with Gasteiger partial charge < -0.3 is 0 Å². The molecule has 0 aliphatic rings. The van der Waals surface area contributed by atoms with Gasteiger partial charge in [0.15, 0.2) is 0 Å². The van der Waals surface area contributed by atoms with Gasteiger partial charge in [-0.05, 0) is 58.3 Å². The normalized spacial score (nSPS) is 11.9. The molecule has 0 unspecified atom stereocenters. The summed E-state index contributed by atoms with van der Waals surface area (Å²) in [5.74, 6) is 0. The number of rotatable bonds is 4. The Morgan fingerprint density at radius 1 is 0.400 bits per heavy atom. The van der Waals surface area contributed by atoms with Crippen molar-refractivity contribution in [2.24, 2.45) is 0 Å². The predicted molar refractivity (Wildman–Crippen MR) is 162 cm³/mol. The van der Waals surface area contributed by atoms with E-state index in [9.17, 15) is 0 Å². The summed E-state index contributed by atoms with van der Waals surface area (Å²) in [6, 6.07) is 41.2. The van der Waals surface area contributed by atoms with Crippen LogP contribution in [0.15, 0.2) is 121 Å². The quantitative estimate of drug-likeness (QED) is 0.227. The molecule has 6 nitrogen and oxygen atoms in total. The summed E-state index contributed by atoms with van der Waals surface area (Å²) in [6.07, 6.45) is 4.21. The topological polar surface area (TPSA) is 61.4 Å². The van der Waals surface area contributed by atoms with Crippen molar-refractivity contribution in [3.05, 3.63) is 132 Å². The maximum absolute atomic E-state index is 4.77. The van der Waals surface area contributed by atoms with Gasteiger partial charge in [-0.1, -0.05) is 97.1 Å². The number of fused-ring (bicyclic) bond motifs is 6. The van der Waals surface area contributed by atoms with Crippen LogP contribution in [0.5, 0.6) is 0 Å². The summed E-state index contributed by atoms with van der Waals surface area (Å²) >= 11 is 0. The van der Waals surface area contributed by atoms with Crippen molar-refractivity contribution in [1.29, 1.82) is 0 Å². The largest absolute Gasteiger partial charge is 0.150 e. The van der Waals surface area contributed by atoms with E-state index in [1.165, 1.54) is 10.8 Å². The minimum absolute atomic E-state index is 0.887. The van der Waals surface area contributed by atoms with Crippen LogP contribution in [-0.4, -0.2) is 30.0 Å². The van der Waals surface area contributed by atoms with Gasteiger partial charge in [-0.25, -0.2) is 0 Å². The Morgan fingerprint density at radius 3 is 1.27 bits per heavy atom. The second-order valence-corrected chi connectivity index (χ2v) is 9.80. The van der Waals surface area contributed by atoms with Crippen LogP contribution >= 0.6 is 0 Å². The van der Waals surface area contributed by atoms with Crippen LogP contribution in [0.1, 0.15) is 11.1 Å². The monoisotopic (exact) mass is 514 g/mol. The second kappa shape index (κ2) is 8.99. The molecule has 8 aromatic rings. The lowest BCUT2D eigenvalue weighted by Crippen LogP contribution is -1.98. The average molecular weight is 515 g/mol. The SMILES string of the molecule is C(=Cc1ccc(-n2nc3ccc4ccccc4c3n2)cc1)c1ccc(-n2nc3ccc4ccccc4c3n2)cc1. The van der Waals surface area contributed by atoms with E-state index < -0.39 is 0 Å². The van der Waals surface area contributed by atoms with Gasteiger partial charge in [0.25, 0.3) is 0 Å². The Balaban J connectivity index is 1.02. The van der Waals surface area contributed by atoms with Gasteiger partial charge in [-0.15, -0.1) is 20.4 Å². The first-order chi connectivity index (χ1) is 19.8. The molecule has 8 rings (SSSR count). The number of nitrogens with zero attached hydrogens (tertiary/aromatic N) is 6. The van der Waals surface area contributed by atoms with Gasteiger partial charge in [0.2, 0.25) is 0 Å². The Morgan fingerprint density at radius 2 is 0.825 bits per heavy atom. The van der Waals surface area contributed by atoms with Crippen molar-refractivity contribution >= 4 is 55.8 Å². The maximum atomic E-state index is 4.77. The number of benzene rings is 6. The first-order valence-corrected chi connectivity index (χ1v) is 13.2. The molecular formula is C34H22N6. The lowest BCUT2D eigenvalue weighted by molar-refractivity contribution is 0.766. The summed E-state index contributed by atoms with van der Waals surface area (Å²) in [4.78, 5) is 3.41. The molecule has 188 valence electrons. The van der Waals surface area contributed by atoms with E-state index in [1.54, 1.807) is 9.59 Å². The van der Waals surface area contributed by atoms with Crippen molar-refractivity contribution in [2.45, 2.75) is 0 Å². The van der Waals surface area contributed by atoms with Crippen molar-refractivity contribution in [3.63, 3.8) is 0 Å². The van der Waals surface area contributed by atoms with Crippen LogP contribution in [0.25, 0.3) is 67.1 Å². The molecule has 0 N–H and O–H groups in total. The maximum Gasteiger partial charge on any atom is 0.121 e. The van der Waals surface area contributed by atoms with E-state index in [1.807, 2.05) is 60.7 Å². The van der Waals surface area contributed by atoms with E-state index in [0.29, 0.717) is 0 Å². The molecule has 0 bridgehead atoms. The number of hydrogen-bond donors (Lipinski definition) is 0. The fourth-order valence-electron chi connectivity index (χ4n) is 5.16. The van der Waals surface area contributed by atoms with Crippen LogP contribution in [0.3, 0.4) is 0 Å². The third-order valence-corrected chi connectivity index (χ3v) is 7.27. The first kappa shape index (κ1) is 22.4. The van der Waals surface area contributed by atoms with Crippen molar-refractivity contribution < 1.29 is 0 Å². The van der Waals surface area contributed by atoms with Gasteiger partial charge in [0.05, 0.1) is 11.4 Å². The van der Waals surface area contributed by atoms with Gasteiger partial charge >= 0.3 is 0 Å². The average Bonchev–Trinajstić information content (AvgIpc) is 3.66. The molecule has 2 heterocycles. The van der Waals surface area contributed by atoms with E-state index in [-0.39, 0.29) is 0 Å². The third kappa shape index (κ3) is 3.82. The van der Waals surface area contributed by atoms with Crippen molar-refractivity contribution in [1.82, 2.24) is 30.0 Å². The van der Waals surface area contributed by atoms with Crippen LogP contribution in [-0.2, 0) is 0 Å². The lowest BCUT2D eigenvalue weighted by atomic mass is 10.1. The standard InChI is InChI=1S/C34H22N6/c1-3-7-29-25(5-1)15-21-31-33(29)37-39(35-31)27-17-11-23(12-18-27)9-10-24-13-19-28(20-14-24)40-36-32-22-16-26-6-2-4-8-30(26)34(32)38-40/h1-22H. The summed E-state index contributed by atoms with van der Waals surface area (Å²) in [5, 5.41) is 23.5. The van der Waals surface area contributed by atoms with E-state index in [2.05, 4.69) is 72.8 Å². The van der Waals surface area contributed by atoms with E-state index in [0.717, 1.165) is 55.3 Å². The fraction of sp³-hybridized carbons (Fsp3) is 0. The summed E-state index contributed by atoms with van der Waals surface area (Å²) in [6.45, 7) is 0. The zero-order valence-electron chi connectivity index (χ0n) is 21.4. The molecule has 0 spiro atoms. The summed E-state index contributed by atoms with van der Waals surface area (Å²) < 4.78 is 0. The predicted octanol–water partition coefficient (Wildman–Crippen LogP) is 7.63. The van der Waals surface area contributed by atoms with Crippen LogP contribution in [0, 0.1) is 0 Å². The molecule has 0 fully saturated rings. The first-order valence-electron chi connectivity index (χ1n) is 13.2. The molecule has 0 amide bonds. The van der Waals surface area contributed by atoms with Crippen molar-refractivity contribution in [2.75, 3.05) is 0 Å². The van der Waals surface area contributed by atoms with Crippen LogP contribution in [0.4, 0.5) is 0 Å². The molecule has 0 saturated heterocycles. The smallest absolute Gasteiger partial charge is 0.121 e. The molecular weight excluding hydrogens is 492 g/mol. The Kier molecular flexibility index (Phi) is 5.03. The third-order valence-electron chi connectivity index (χ3n) is 7.27. The Hall–Kier alpha value is -5.62. The summed E-state index contributed by atoms with van der Waals surface area (Å²) in [7, 11) is 0. The highest BCUT2D eigenvalue weighted by molar-refractivity contribution is 6.04. The number of hydrogen-bond acceptors (Lipinski definition) is 4. The molecule has 40 heavy (non-hydrogen) atoms. The molecule has 2 aromatic heterocycles. The minimum atomic E-state index is 0.887. The van der Waals surface area contributed by atoms with E-state index in [4.69, 9.17) is 20.4 Å². The van der Waals surface area contributed by atoms with Crippen LogP contribution in [0.2, 0.25) is 0 Å². The van der Waals surface area contributed by atoms with Gasteiger partial charge in [0.1, 0.15) is 22.1 Å². The fourth-order valence-corrected chi connectivity index (χ4v) is 5.16. The van der Waals surface area contributed by atoms with Gasteiger partial charge in [0, 0.05) is 10.8 Å². The minimum Gasteiger partial charge on any atom is -0.150 e. The zero-order valence-corrected chi connectivity index (χ0v) is 21.4. The van der Waals surface area contributed by atoms with Crippen molar-refractivity contribution in [3.8, 4) is 11.4 Å². The van der Waals surface area contributed by atoms with Crippen LogP contribution < -0.4 is 0 Å². The molecule has 0 aliphatic heterocycles. The molecule has 0 saturated carbocycles. The zero-order chi connectivity index (χ0) is 26.5. The highest BCUT2D eigenvalue weighted by Gasteiger charge is 2.09. The lowest BCUT2D eigenvalue weighted by Gasteiger charge is -2.01. The Labute approximate surface area is 229 Å². The van der Waals surface area contributed by atoms with Gasteiger partial charge in [-0.2, -0.15) is 9.59 Å². The molecule has 0 atom stereocenters. The molecule has 0 aliphatic carbocycles. The highest BCUT2D eigenvalue weighted by Crippen LogP contribution is 2.25. The molecule has 6 heteroatoms.